The molecule has 2 aromatic carbocycles. The highest BCUT2D eigenvalue weighted by atomic mass is 32.1. The first-order valence-electron chi connectivity index (χ1n) is 8.15. The third-order valence-electron chi connectivity index (χ3n) is 4.79. The standard InChI is InChI=1S/C20H18N2OS/c23-19(20(11-4-12-20)16-5-2-1-3-6-16)22-17-9-7-15(8-10-17)18-21-13-14-24-18/h1-3,5-10,13-14H,4,11-12H2,(H,22,23). The first kappa shape index (κ1) is 15.1. The summed E-state index contributed by atoms with van der Waals surface area (Å²) in [6.07, 6.45) is 4.74. The van der Waals surface area contributed by atoms with E-state index in [9.17, 15) is 4.79 Å². The fraction of sp³-hybridized carbons (Fsp3) is 0.200. The Balaban J connectivity index is 1.53. The van der Waals surface area contributed by atoms with Crippen molar-refractivity contribution >= 4 is 22.9 Å². The van der Waals surface area contributed by atoms with Gasteiger partial charge in [0.2, 0.25) is 5.91 Å². The van der Waals surface area contributed by atoms with Crippen LogP contribution in [-0.4, -0.2) is 10.9 Å². The second-order valence-corrected chi connectivity index (χ2v) is 7.06. The summed E-state index contributed by atoms with van der Waals surface area (Å²) < 4.78 is 0. The van der Waals surface area contributed by atoms with Crippen molar-refractivity contribution in [3.63, 3.8) is 0 Å². The highest BCUT2D eigenvalue weighted by Crippen LogP contribution is 2.44. The van der Waals surface area contributed by atoms with Crippen LogP contribution in [0, 0.1) is 0 Å². The first-order valence-corrected chi connectivity index (χ1v) is 9.03. The molecule has 1 heterocycles. The molecule has 0 saturated heterocycles. The molecule has 0 aliphatic heterocycles. The van der Waals surface area contributed by atoms with E-state index >= 15 is 0 Å². The molecule has 1 fully saturated rings. The summed E-state index contributed by atoms with van der Waals surface area (Å²) in [6.45, 7) is 0. The van der Waals surface area contributed by atoms with Gasteiger partial charge in [0.05, 0.1) is 5.41 Å². The van der Waals surface area contributed by atoms with Crippen LogP contribution in [0.5, 0.6) is 0 Å². The van der Waals surface area contributed by atoms with Crippen LogP contribution in [0.25, 0.3) is 10.6 Å². The van der Waals surface area contributed by atoms with Gasteiger partial charge in [0, 0.05) is 22.8 Å². The van der Waals surface area contributed by atoms with Gasteiger partial charge >= 0.3 is 0 Å². The number of amides is 1. The predicted molar refractivity (Wildman–Crippen MR) is 98.2 cm³/mol. The number of benzene rings is 2. The SMILES string of the molecule is O=C(Nc1ccc(-c2nccs2)cc1)C1(c2ccccc2)CCC1. The van der Waals surface area contributed by atoms with Crippen LogP contribution in [0.4, 0.5) is 5.69 Å². The van der Waals surface area contributed by atoms with E-state index < -0.39 is 0 Å². The van der Waals surface area contributed by atoms with Crippen LogP contribution in [0.15, 0.2) is 66.2 Å². The maximum atomic E-state index is 12.9. The van der Waals surface area contributed by atoms with E-state index in [1.54, 1.807) is 17.5 Å². The van der Waals surface area contributed by atoms with E-state index in [1.807, 2.05) is 47.8 Å². The molecule has 3 aromatic rings. The number of nitrogens with zero attached hydrogens (tertiary/aromatic N) is 1. The van der Waals surface area contributed by atoms with E-state index in [1.165, 1.54) is 0 Å². The zero-order chi connectivity index (χ0) is 16.4. The Labute approximate surface area is 145 Å². The molecule has 1 aliphatic carbocycles. The molecular formula is C20H18N2OS. The number of rotatable bonds is 4. The second-order valence-electron chi connectivity index (χ2n) is 6.17. The van der Waals surface area contributed by atoms with E-state index in [0.29, 0.717) is 0 Å². The van der Waals surface area contributed by atoms with Crippen molar-refractivity contribution < 1.29 is 4.79 Å². The molecule has 1 amide bonds. The molecule has 0 bridgehead atoms. The predicted octanol–water partition coefficient (Wildman–Crippen LogP) is 4.87. The van der Waals surface area contributed by atoms with Gasteiger partial charge in [-0.2, -0.15) is 0 Å². The number of aromatic nitrogens is 1. The normalized spacial score (nSPS) is 15.5. The van der Waals surface area contributed by atoms with Gasteiger partial charge in [0.25, 0.3) is 0 Å². The number of hydrogen-bond acceptors (Lipinski definition) is 3. The largest absolute Gasteiger partial charge is 0.325 e. The third kappa shape index (κ3) is 2.63. The lowest BCUT2D eigenvalue weighted by molar-refractivity contribution is -0.124. The molecule has 0 spiro atoms. The molecule has 4 heteroatoms. The summed E-state index contributed by atoms with van der Waals surface area (Å²) >= 11 is 1.61. The van der Waals surface area contributed by atoms with Gasteiger partial charge in [-0.15, -0.1) is 11.3 Å². The van der Waals surface area contributed by atoms with Crippen molar-refractivity contribution in [2.45, 2.75) is 24.7 Å². The van der Waals surface area contributed by atoms with Gasteiger partial charge in [-0.1, -0.05) is 36.8 Å². The van der Waals surface area contributed by atoms with E-state index in [4.69, 9.17) is 0 Å². The zero-order valence-electron chi connectivity index (χ0n) is 13.2. The highest BCUT2D eigenvalue weighted by Gasteiger charge is 2.45. The fourth-order valence-corrected chi connectivity index (χ4v) is 3.89. The lowest BCUT2D eigenvalue weighted by Crippen LogP contribution is -2.45. The van der Waals surface area contributed by atoms with Crippen LogP contribution >= 0.6 is 11.3 Å². The molecular weight excluding hydrogens is 316 g/mol. The topological polar surface area (TPSA) is 42.0 Å². The molecule has 1 N–H and O–H groups in total. The number of carbonyl (C=O) groups is 1. The van der Waals surface area contributed by atoms with Gasteiger partial charge in [0.1, 0.15) is 5.01 Å². The first-order chi connectivity index (χ1) is 11.8. The lowest BCUT2D eigenvalue weighted by atomic mass is 9.64. The minimum absolute atomic E-state index is 0.0990. The Morgan fingerprint density at radius 1 is 1.04 bits per heavy atom. The molecule has 1 aliphatic rings. The zero-order valence-corrected chi connectivity index (χ0v) is 14.1. The van der Waals surface area contributed by atoms with Crippen molar-refractivity contribution in [1.82, 2.24) is 4.98 Å². The summed E-state index contributed by atoms with van der Waals surface area (Å²) in [7, 11) is 0. The number of thiazole rings is 1. The minimum atomic E-state index is -0.366. The molecule has 0 atom stereocenters. The van der Waals surface area contributed by atoms with Crippen molar-refractivity contribution in [3.8, 4) is 10.6 Å². The second kappa shape index (κ2) is 6.21. The maximum Gasteiger partial charge on any atom is 0.235 e. The molecule has 120 valence electrons. The van der Waals surface area contributed by atoms with Crippen molar-refractivity contribution in [1.29, 1.82) is 0 Å². The molecule has 4 rings (SSSR count). The van der Waals surface area contributed by atoms with Gasteiger partial charge in [-0.05, 0) is 42.7 Å². The van der Waals surface area contributed by atoms with E-state index in [-0.39, 0.29) is 11.3 Å². The number of carbonyl (C=O) groups excluding carboxylic acids is 1. The maximum absolute atomic E-state index is 12.9. The average molecular weight is 334 g/mol. The van der Waals surface area contributed by atoms with Crippen LogP contribution < -0.4 is 5.32 Å². The fourth-order valence-electron chi connectivity index (χ4n) is 3.25. The number of hydrogen-bond donors (Lipinski definition) is 1. The lowest BCUT2D eigenvalue weighted by Gasteiger charge is -2.40. The Bertz CT molecular complexity index is 822. The third-order valence-corrected chi connectivity index (χ3v) is 5.61. The Morgan fingerprint density at radius 2 is 1.79 bits per heavy atom. The van der Waals surface area contributed by atoms with Gasteiger partial charge in [-0.3, -0.25) is 4.79 Å². The summed E-state index contributed by atoms with van der Waals surface area (Å²) in [4.78, 5) is 17.2. The molecule has 0 radical (unpaired) electrons. The Morgan fingerprint density at radius 3 is 2.38 bits per heavy atom. The number of nitrogens with one attached hydrogen (secondary N) is 1. The highest BCUT2D eigenvalue weighted by molar-refractivity contribution is 7.13. The van der Waals surface area contributed by atoms with Crippen LogP contribution in [0.1, 0.15) is 24.8 Å². The average Bonchev–Trinajstić information content (AvgIpc) is 3.10. The van der Waals surface area contributed by atoms with Crippen LogP contribution in [0.3, 0.4) is 0 Å². The summed E-state index contributed by atoms with van der Waals surface area (Å²) in [6, 6.07) is 18.0. The number of anilines is 1. The summed E-state index contributed by atoms with van der Waals surface area (Å²) in [5.74, 6) is 0.0990. The van der Waals surface area contributed by atoms with Crippen LogP contribution in [0.2, 0.25) is 0 Å². The Hall–Kier alpha value is -2.46. The quantitative estimate of drug-likeness (QED) is 0.739. The smallest absolute Gasteiger partial charge is 0.235 e. The van der Waals surface area contributed by atoms with Gasteiger partial charge in [-0.25, -0.2) is 4.98 Å². The molecule has 1 saturated carbocycles. The molecule has 24 heavy (non-hydrogen) atoms. The van der Waals surface area contributed by atoms with E-state index in [2.05, 4.69) is 22.4 Å². The summed E-state index contributed by atoms with van der Waals surface area (Å²) in [5.41, 5.74) is 2.66. The summed E-state index contributed by atoms with van der Waals surface area (Å²) in [5, 5.41) is 6.06. The monoisotopic (exact) mass is 334 g/mol. The molecule has 0 unspecified atom stereocenters. The minimum Gasteiger partial charge on any atom is -0.325 e. The van der Waals surface area contributed by atoms with Crippen molar-refractivity contribution in [2.75, 3.05) is 5.32 Å². The van der Waals surface area contributed by atoms with Crippen LogP contribution in [-0.2, 0) is 10.2 Å². The molecule has 1 aromatic heterocycles. The van der Waals surface area contributed by atoms with Crippen molar-refractivity contribution in [3.05, 3.63) is 71.7 Å². The van der Waals surface area contributed by atoms with E-state index in [0.717, 1.165) is 41.1 Å². The van der Waals surface area contributed by atoms with Gasteiger partial charge < -0.3 is 5.32 Å². The van der Waals surface area contributed by atoms with Crippen molar-refractivity contribution in [2.24, 2.45) is 0 Å². The Kier molecular flexibility index (Phi) is 3.90. The van der Waals surface area contributed by atoms with Gasteiger partial charge in [0.15, 0.2) is 0 Å². The molecule has 3 nitrogen and oxygen atoms in total.